The van der Waals surface area contributed by atoms with Crippen LogP contribution in [0.4, 0.5) is 0 Å². The van der Waals surface area contributed by atoms with Gasteiger partial charge in [0.15, 0.2) is 0 Å². The summed E-state index contributed by atoms with van der Waals surface area (Å²) in [5.41, 5.74) is -0.959. The Balaban J connectivity index is 0.000000710. The van der Waals surface area contributed by atoms with Crippen LogP contribution in [-0.4, -0.2) is 116 Å². The van der Waals surface area contributed by atoms with Crippen molar-refractivity contribution in [2.45, 2.75) is 233 Å². The van der Waals surface area contributed by atoms with Crippen molar-refractivity contribution >= 4 is 47.3 Å². The van der Waals surface area contributed by atoms with Gasteiger partial charge in [-0.3, -0.25) is 33.6 Å². The zero-order chi connectivity index (χ0) is 52.2. The molecule has 0 aromatic carbocycles. The van der Waals surface area contributed by atoms with E-state index in [1.165, 1.54) is 77.0 Å². The number of esters is 2. The molecule has 4 amide bonds. The summed E-state index contributed by atoms with van der Waals surface area (Å²) in [6.07, 6.45) is 26.0. The second kappa shape index (κ2) is 37.8. The molecule has 404 valence electrons. The van der Waals surface area contributed by atoms with Crippen LogP contribution in [0.2, 0.25) is 0 Å². The van der Waals surface area contributed by atoms with Crippen molar-refractivity contribution in [1.82, 2.24) is 21.0 Å². The van der Waals surface area contributed by atoms with E-state index in [1.54, 1.807) is 34.7 Å². The molecule has 1 aliphatic heterocycles. The summed E-state index contributed by atoms with van der Waals surface area (Å²) >= 11 is 0. The normalized spacial score (nSPS) is 16.5. The molecule has 3 N–H and O–H groups in total. The zero-order valence-electron chi connectivity index (χ0n) is 44.6. The second-order valence-corrected chi connectivity index (χ2v) is 20.8. The van der Waals surface area contributed by atoms with Gasteiger partial charge in [0.1, 0.15) is 29.6 Å². The molecule has 0 aromatic rings. The van der Waals surface area contributed by atoms with Crippen LogP contribution in [0.15, 0.2) is 0 Å². The maximum Gasteiger partial charge on any atom is 0.358 e. The van der Waals surface area contributed by atoms with E-state index in [9.17, 15) is 38.4 Å². The van der Waals surface area contributed by atoms with Gasteiger partial charge >= 0.3 is 17.9 Å². The quantitative estimate of drug-likeness (QED) is 0.0305. The molecule has 2 fully saturated rings. The first-order valence-corrected chi connectivity index (χ1v) is 26.6. The highest BCUT2D eigenvalue weighted by Gasteiger charge is 2.33. The number of unbranched alkanes of at least 4 members (excludes halogenated alkanes) is 15. The number of hydrogen-bond acceptors (Lipinski definition) is 14. The maximum atomic E-state index is 12.1. The Morgan fingerprint density at radius 1 is 0.586 bits per heavy atom. The summed E-state index contributed by atoms with van der Waals surface area (Å²) in [7, 11) is 1.63. The molecular formula is C53H94N4O13. The number of hydrogen-bond donors (Lipinski definition) is 3. The Morgan fingerprint density at radius 3 is 1.54 bits per heavy atom. The Hall–Kier alpha value is -3.96. The minimum atomic E-state index is -0.855. The minimum Gasteiger partial charge on any atom is -0.460 e. The van der Waals surface area contributed by atoms with Gasteiger partial charge in [0.05, 0.1) is 19.8 Å². The fraction of sp³-hybridized carbons (Fsp3) is 0.849. The number of imide groups is 1. The molecule has 1 atom stereocenters. The Kier molecular flexibility index (Phi) is 34.6. The molecule has 70 heavy (non-hydrogen) atoms. The van der Waals surface area contributed by atoms with E-state index in [0.717, 1.165) is 57.9 Å². The Labute approximate surface area is 420 Å². The third-order valence-corrected chi connectivity index (χ3v) is 12.0. The van der Waals surface area contributed by atoms with Crippen molar-refractivity contribution in [1.29, 1.82) is 0 Å². The van der Waals surface area contributed by atoms with Gasteiger partial charge in [-0.25, -0.2) is 4.79 Å². The molecule has 0 radical (unpaired) electrons. The van der Waals surface area contributed by atoms with Crippen molar-refractivity contribution in [2.75, 3.05) is 46.6 Å². The van der Waals surface area contributed by atoms with Gasteiger partial charge in [-0.05, 0) is 106 Å². The van der Waals surface area contributed by atoms with Gasteiger partial charge in [0.25, 0.3) is 11.8 Å². The summed E-state index contributed by atoms with van der Waals surface area (Å²) in [6.45, 7) is 13.9. The van der Waals surface area contributed by atoms with Crippen molar-refractivity contribution in [3.63, 3.8) is 0 Å². The van der Waals surface area contributed by atoms with Gasteiger partial charge in [-0.1, -0.05) is 89.9 Å². The van der Waals surface area contributed by atoms with Crippen molar-refractivity contribution in [2.24, 2.45) is 11.8 Å². The Morgan fingerprint density at radius 2 is 1.06 bits per heavy atom. The predicted molar refractivity (Wildman–Crippen MR) is 268 cm³/mol. The molecule has 1 heterocycles. The first-order valence-electron chi connectivity index (χ1n) is 26.6. The van der Waals surface area contributed by atoms with E-state index >= 15 is 0 Å². The maximum absolute atomic E-state index is 12.1. The van der Waals surface area contributed by atoms with Crippen LogP contribution >= 0.6 is 0 Å². The number of hydroxylamine groups is 2. The molecule has 0 bridgehead atoms. The number of carbonyl (C=O) groups is 8. The average Bonchev–Trinajstić information content (AvgIpc) is 3.60. The van der Waals surface area contributed by atoms with Crippen LogP contribution in [0.25, 0.3) is 0 Å². The first-order chi connectivity index (χ1) is 33.2. The zero-order valence-corrected chi connectivity index (χ0v) is 44.6. The molecule has 2 rings (SSSR count). The van der Waals surface area contributed by atoms with Gasteiger partial charge in [-0.15, -0.1) is 5.06 Å². The van der Waals surface area contributed by atoms with Crippen LogP contribution in [-0.2, 0) is 62.1 Å². The van der Waals surface area contributed by atoms with E-state index in [2.05, 4.69) is 20.8 Å². The standard InChI is InChI=1S/C33H61NO4.C20H33N3O9/c1-28(35)30-25-23-29(24-26-30)27-34-31(36)21-19-17-15-13-11-9-7-5-6-8-10-12-14-16-18-20-22-32(37)38-33(2,3)4;1-20(2,3)31-19(28)14(21-4)5-6-15(24)22-9-10-29-11-12-30-13-18(27)32-23-16(25)7-8-17(23)26/h29-30H,5-27H2,1-4H3,(H,34,36);14,21H,5-13H2,1-4H3,(H,22,24)/t;14-/m.0/s1. The highest BCUT2D eigenvalue weighted by atomic mass is 16.7. The number of carbonyl (C=O) groups excluding carboxylic acids is 8. The molecule has 0 spiro atoms. The highest BCUT2D eigenvalue weighted by Crippen LogP contribution is 2.29. The number of Topliss-reactive ketones (excluding diaryl/α,β-unsaturated/α-hetero) is 1. The molecule has 1 saturated carbocycles. The van der Waals surface area contributed by atoms with Crippen LogP contribution in [0.5, 0.6) is 0 Å². The van der Waals surface area contributed by atoms with E-state index < -0.39 is 42.0 Å². The summed E-state index contributed by atoms with van der Waals surface area (Å²) in [5, 5.41) is 9.10. The molecule has 0 aromatic heterocycles. The first kappa shape index (κ1) is 64.1. The lowest BCUT2D eigenvalue weighted by Gasteiger charge is -2.27. The molecule has 2 aliphatic rings. The predicted octanol–water partition coefficient (Wildman–Crippen LogP) is 8.31. The molecule has 17 heteroatoms. The molecule has 17 nitrogen and oxygen atoms in total. The fourth-order valence-corrected chi connectivity index (χ4v) is 8.08. The second-order valence-electron chi connectivity index (χ2n) is 20.8. The molecule has 1 saturated heterocycles. The summed E-state index contributed by atoms with van der Waals surface area (Å²) in [6, 6.07) is -0.568. The van der Waals surface area contributed by atoms with Gasteiger partial charge in [0.2, 0.25) is 11.8 Å². The largest absolute Gasteiger partial charge is 0.460 e. The minimum absolute atomic E-state index is 0.0250. The lowest BCUT2D eigenvalue weighted by atomic mass is 9.80. The topological polar surface area (TPSA) is 222 Å². The van der Waals surface area contributed by atoms with Crippen molar-refractivity contribution < 1.29 is 62.1 Å². The van der Waals surface area contributed by atoms with Crippen LogP contribution < -0.4 is 16.0 Å². The van der Waals surface area contributed by atoms with Gasteiger partial charge in [0, 0.05) is 51.1 Å². The van der Waals surface area contributed by atoms with E-state index in [4.69, 9.17) is 18.9 Å². The van der Waals surface area contributed by atoms with E-state index in [0.29, 0.717) is 36.0 Å². The fourth-order valence-electron chi connectivity index (χ4n) is 8.08. The third-order valence-electron chi connectivity index (χ3n) is 12.0. The number of ketones is 1. The smallest absolute Gasteiger partial charge is 0.358 e. The van der Waals surface area contributed by atoms with E-state index in [1.807, 2.05) is 20.8 Å². The number of nitrogens with zero attached hydrogens (tertiary/aromatic N) is 1. The Bertz CT molecular complexity index is 1520. The molecular weight excluding hydrogens is 901 g/mol. The molecule has 0 unspecified atom stereocenters. The summed E-state index contributed by atoms with van der Waals surface area (Å²) in [5.74, 6) is -1.29. The number of likely N-dealkylation sites (N-methyl/N-ethyl adjacent to an activating group) is 1. The van der Waals surface area contributed by atoms with Crippen molar-refractivity contribution in [3.8, 4) is 0 Å². The number of ether oxygens (including phenoxy) is 4. The van der Waals surface area contributed by atoms with Crippen LogP contribution in [0.1, 0.15) is 215 Å². The molecule has 1 aliphatic carbocycles. The van der Waals surface area contributed by atoms with Crippen LogP contribution in [0.3, 0.4) is 0 Å². The van der Waals surface area contributed by atoms with Gasteiger partial charge in [-0.2, -0.15) is 0 Å². The third kappa shape index (κ3) is 35.2. The number of nitrogens with one attached hydrogen (secondary N) is 3. The van der Waals surface area contributed by atoms with Gasteiger partial charge < -0.3 is 39.7 Å². The van der Waals surface area contributed by atoms with Crippen molar-refractivity contribution in [3.05, 3.63) is 0 Å². The van der Waals surface area contributed by atoms with Crippen LogP contribution in [0, 0.1) is 11.8 Å². The number of amides is 4. The summed E-state index contributed by atoms with van der Waals surface area (Å²) in [4.78, 5) is 98.0. The number of rotatable bonds is 36. The lowest BCUT2D eigenvalue weighted by molar-refractivity contribution is -0.200. The summed E-state index contributed by atoms with van der Waals surface area (Å²) < 4.78 is 21.0. The average molecular weight is 995 g/mol. The monoisotopic (exact) mass is 995 g/mol. The highest BCUT2D eigenvalue weighted by molar-refractivity contribution is 6.01. The lowest BCUT2D eigenvalue weighted by Crippen LogP contribution is -2.40. The SMILES string of the molecule is CC(=O)C1CCC(CNC(=O)CCCCCCCCCCCCCCCCCCC(=O)OC(C)(C)C)CC1.CN[C@@H](CCC(=O)NCCOCCOCC(=O)ON1C(=O)CCC1=O)C(=O)OC(C)(C)C. The van der Waals surface area contributed by atoms with E-state index in [-0.39, 0.29) is 74.9 Å².